The fourth-order valence-electron chi connectivity index (χ4n) is 6.32. The van der Waals surface area contributed by atoms with Crippen molar-refractivity contribution in [2.75, 3.05) is 19.5 Å². The van der Waals surface area contributed by atoms with Crippen LogP contribution in [0, 0.1) is 29.1 Å². The van der Waals surface area contributed by atoms with Gasteiger partial charge in [-0.25, -0.2) is 0 Å². The molecule has 0 spiro atoms. The van der Waals surface area contributed by atoms with Gasteiger partial charge in [-0.1, -0.05) is 13.8 Å². The van der Waals surface area contributed by atoms with Crippen LogP contribution in [0.1, 0.15) is 52.4 Å². The maximum Gasteiger partial charge on any atom is 0.247 e. The lowest BCUT2D eigenvalue weighted by atomic mass is 9.49. The van der Waals surface area contributed by atoms with Crippen molar-refractivity contribution >= 4 is 17.5 Å². The van der Waals surface area contributed by atoms with Crippen LogP contribution >= 0.6 is 0 Å². The highest BCUT2D eigenvalue weighted by molar-refractivity contribution is 5.98. The van der Waals surface area contributed by atoms with Crippen LogP contribution in [-0.4, -0.2) is 32.1 Å². The molecule has 4 saturated carbocycles. The van der Waals surface area contributed by atoms with Crippen molar-refractivity contribution in [3.8, 4) is 11.5 Å². The van der Waals surface area contributed by atoms with E-state index in [1.165, 1.54) is 19.3 Å². The third-order valence-electron chi connectivity index (χ3n) is 7.37. The summed E-state index contributed by atoms with van der Waals surface area (Å²) in [7, 11) is 3.14. The third-order valence-corrected chi connectivity index (χ3v) is 7.37. The summed E-state index contributed by atoms with van der Waals surface area (Å²) in [5, 5.41) is 6.08. The number of anilines is 1. The van der Waals surface area contributed by atoms with Crippen LogP contribution in [0.2, 0.25) is 0 Å². The Hall–Kier alpha value is -2.24. The van der Waals surface area contributed by atoms with Gasteiger partial charge in [0.1, 0.15) is 17.5 Å². The van der Waals surface area contributed by atoms with Crippen LogP contribution < -0.4 is 20.1 Å². The Bertz CT molecular complexity index is 762. The van der Waals surface area contributed by atoms with Crippen molar-refractivity contribution in [3.63, 3.8) is 0 Å². The fourth-order valence-corrected chi connectivity index (χ4v) is 6.32. The molecule has 1 aromatic carbocycles. The number of methoxy groups -OCH3 is 2. The maximum atomic E-state index is 13.4. The molecule has 0 heterocycles. The minimum atomic E-state index is -0.581. The molecule has 4 bridgehead atoms. The molecule has 164 valence electrons. The van der Waals surface area contributed by atoms with Crippen LogP contribution in [0.25, 0.3) is 0 Å². The number of benzene rings is 1. The average Bonchev–Trinajstić information content (AvgIpc) is 2.70. The second kappa shape index (κ2) is 8.12. The van der Waals surface area contributed by atoms with Crippen molar-refractivity contribution in [2.45, 2.75) is 58.4 Å². The van der Waals surface area contributed by atoms with E-state index >= 15 is 0 Å². The first kappa shape index (κ1) is 21.0. The molecule has 1 atom stereocenters. The third kappa shape index (κ3) is 4.01. The second-order valence-corrected chi connectivity index (χ2v) is 9.98. The summed E-state index contributed by atoms with van der Waals surface area (Å²) in [6.45, 7) is 3.94. The van der Waals surface area contributed by atoms with Crippen LogP contribution in [0.15, 0.2) is 18.2 Å². The molecule has 0 aromatic heterocycles. The summed E-state index contributed by atoms with van der Waals surface area (Å²) >= 11 is 0. The number of hydrogen-bond donors (Lipinski definition) is 2. The lowest BCUT2D eigenvalue weighted by molar-refractivity contribution is -0.148. The number of ether oxygens (including phenoxy) is 2. The van der Waals surface area contributed by atoms with Gasteiger partial charge in [0.05, 0.1) is 14.2 Å². The quantitative estimate of drug-likeness (QED) is 0.707. The number of carbonyl (C=O) groups excluding carboxylic acids is 2. The van der Waals surface area contributed by atoms with Crippen LogP contribution in [0.3, 0.4) is 0 Å². The van der Waals surface area contributed by atoms with E-state index in [9.17, 15) is 9.59 Å². The van der Waals surface area contributed by atoms with Gasteiger partial charge in [-0.3, -0.25) is 9.59 Å². The minimum absolute atomic E-state index is 0.0182. The highest BCUT2D eigenvalue weighted by Gasteiger charge is 2.55. The standard InChI is InChI=1S/C24H34N2O4/c1-14(2)21(22(27)25-18-8-19(29-3)10-20(9-18)30-4)26-23(28)24-11-15-5-16(12-24)7-17(6-15)13-24/h8-10,14-17,21H,5-7,11-13H2,1-4H3,(H,25,27)(H,26,28)/t15?,16?,17?,21-,24?/m0/s1. The fraction of sp³-hybridized carbons (Fsp3) is 0.667. The van der Waals surface area contributed by atoms with Crippen LogP contribution in [-0.2, 0) is 9.59 Å². The highest BCUT2D eigenvalue weighted by atomic mass is 16.5. The first-order chi connectivity index (χ1) is 14.3. The number of amides is 2. The zero-order chi connectivity index (χ0) is 21.5. The van der Waals surface area contributed by atoms with Crippen molar-refractivity contribution < 1.29 is 19.1 Å². The van der Waals surface area contributed by atoms with E-state index in [2.05, 4.69) is 10.6 Å². The van der Waals surface area contributed by atoms with Gasteiger partial charge in [-0.2, -0.15) is 0 Å². The maximum absolute atomic E-state index is 13.4. The molecule has 4 fully saturated rings. The van der Waals surface area contributed by atoms with Gasteiger partial charge in [0.25, 0.3) is 0 Å². The molecule has 0 aliphatic heterocycles. The largest absolute Gasteiger partial charge is 0.497 e. The molecule has 6 nitrogen and oxygen atoms in total. The number of carbonyl (C=O) groups is 2. The van der Waals surface area contributed by atoms with Gasteiger partial charge >= 0.3 is 0 Å². The normalized spacial score (nSPS) is 30.1. The Kier molecular flexibility index (Phi) is 5.69. The van der Waals surface area contributed by atoms with E-state index in [0.29, 0.717) is 34.9 Å². The Labute approximate surface area is 179 Å². The van der Waals surface area contributed by atoms with E-state index in [-0.39, 0.29) is 23.1 Å². The average molecular weight is 415 g/mol. The first-order valence-electron chi connectivity index (χ1n) is 11.2. The molecule has 0 radical (unpaired) electrons. The number of nitrogens with one attached hydrogen (secondary N) is 2. The predicted molar refractivity (Wildman–Crippen MR) is 116 cm³/mol. The van der Waals surface area contributed by atoms with Gasteiger partial charge < -0.3 is 20.1 Å². The molecule has 4 aliphatic carbocycles. The van der Waals surface area contributed by atoms with Crippen molar-refractivity contribution in [1.82, 2.24) is 5.32 Å². The van der Waals surface area contributed by atoms with Crippen molar-refractivity contribution in [2.24, 2.45) is 29.1 Å². The summed E-state index contributed by atoms with van der Waals surface area (Å²) in [4.78, 5) is 26.5. The first-order valence-corrected chi connectivity index (χ1v) is 11.2. The topological polar surface area (TPSA) is 76.7 Å². The monoisotopic (exact) mass is 414 g/mol. The number of rotatable bonds is 7. The summed E-state index contributed by atoms with van der Waals surface area (Å²) in [6, 6.07) is 4.67. The zero-order valence-corrected chi connectivity index (χ0v) is 18.5. The molecular weight excluding hydrogens is 380 g/mol. The van der Waals surface area contributed by atoms with E-state index < -0.39 is 6.04 Å². The summed E-state index contributed by atoms with van der Waals surface area (Å²) < 4.78 is 10.6. The Morgan fingerprint density at radius 1 is 0.933 bits per heavy atom. The molecule has 2 N–H and O–H groups in total. The zero-order valence-electron chi connectivity index (χ0n) is 18.5. The molecule has 0 unspecified atom stereocenters. The molecule has 5 rings (SSSR count). The SMILES string of the molecule is COc1cc(NC(=O)[C@@H](NC(=O)C23CC4CC(CC(C4)C2)C3)C(C)C)cc(OC)c1. The highest BCUT2D eigenvalue weighted by Crippen LogP contribution is 2.60. The van der Waals surface area contributed by atoms with E-state index in [0.717, 1.165) is 19.3 Å². The second-order valence-electron chi connectivity index (χ2n) is 9.98. The Morgan fingerprint density at radius 3 is 1.87 bits per heavy atom. The molecule has 1 aromatic rings. The van der Waals surface area contributed by atoms with Crippen LogP contribution in [0.5, 0.6) is 11.5 Å². The van der Waals surface area contributed by atoms with Crippen molar-refractivity contribution in [1.29, 1.82) is 0 Å². The van der Waals surface area contributed by atoms with Gasteiger partial charge in [0.15, 0.2) is 0 Å². The molecule has 6 heteroatoms. The van der Waals surface area contributed by atoms with Crippen LogP contribution in [0.4, 0.5) is 5.69 Å². The molecule has 0 saturated heterocycles. The van der Waals surface area contributed by atoms with E-state index in [4.69, 9.17) is 9.47 Å². The summed E-state index contributed by atoms with van der Waals surface area (Å²) in [5.41, 5.74) is 0.326. The lowest BCUT2D eigenvalue weighted by Crippen LogP contribution is -2.57. The number of hydrogen-bond acceptors (Lipinski definition) is 4. The Balaban J connectivity index is 1.48. The smallest absolute Gasteiger partial charge is 0.247 e. The minimum Gasteiger partial charge on any atom is -0.497 e. The summed E-state index contributed by atoms with van der Waals surface area (Å²) in [5.74, 6) is 3.13. The molecule has 30 heavy (non-hydrogen) atoms. The molecular formula is C24H34N2O4. The van der Waals surface area contributed by atoms with Crippen molar-refractivity contribution in [3.05, 3.63) is 18.2 Å². The summed E-state index contributed by atoms with van der Waals surface area (Å²) in [6.07, 6.45) is 6.84. The predicted octanol–water partition coefficient (Wildman–Crippen LogP) is 4.00. The Morgan fingerprint density at radius 2 is 1.43 bits per heavy atom. The lowest BCUT2D eigenvalue weighted by Gasteiger charge is -2.55. The van der Waals surface area contributed by atoms with Gasteiger partial charge in [0.2, 0.25) is 11.8 Å². The van der Waals surface area contributed by atoms with Gasteiger partial charge in [-0.15, -0.1) is 0 Å². The van der Waals surface area contributed by atoms with E-state index in [1.807, 2.05) is 13.8 Å². The van der Waals surface area contributed by atoms with E-state index in [1.54, 1.807) is 32.4 Å². The van der Waals surface area contributed by atoms with Gasteiger partial charge in [-0.05, 0) is 62.2 Å². The molecule has 4 aliphatic rings. The molecule has 2 amide bonds. The van der Waals surface area contributed by atoms with Gasteiger partial charge in [0, 0.05) is 29.3 Å².